The van der Waals surface area contributed by atoms with Gasteiger partial charge in [0, 0.05) is 0 Å². The van der Waals surface area contributed by atoms with Crippen molar-refractivity contribution in [3.05, 3.63) is 40.5 Å². The van der Waals surface area contributed by atoms with Crippen LogP contribution in [0.3, 0.4) is 0 Å². The maximum absolute atomic E-state index is 8.66. The third kappa shape index (κ3) is 3.60. The van der Waals surface area contributed by atoms with E-state index < -0.39 is 30.8 Å². The average Bonchev–Trinajstić information content (AvgIpc) is 2.15. The van der Waals surface area contributed by atoms with Crippen LogP contribution in [0, 0.1) is 0 Å². The Morgan fingerprint density at radius 1 is 1.31 bits per heavy atom. The summed E-state index contributed by atoms with van der Waals surface area (Å²) in [5.41, 5.74) is 0. The van der Waals surface area contributed by atoms with Gasteiger partial charge in [-0.3, -0.25) is 0 Å². The number of hydrogen-bond donors (Lipinski definition) is 2. The van der Waals surface area contributed by atoms with Crippen molar-refractivity contribution in [2.75, 3.05) is 0 Å². The maximum atomic E-state index is 8.66. The zero-order valence-electron chi connectivity index (χ0n) is 7.26. The molecule has 0 heterocycles. The normalized spacial score (nSPS) is 9.38. The molecule has 13 heavy (non-hydrogen) atoms. The van der Waals surface area contributed by atoms with Crippen LogP contribution in [0.15, 0.2) is 40.5 Å². The van der Waals surface area contributed by atoms with Crippen LogP contribution in [0.2, 0.25) is 0 Å². The van der Waals surface area contributed by atoms with Crippen molar-refractivity contribution >= 4 is 10.4 Å². The van der Waals surface area contributed by atoms with Crippen LogP contribution in [0.1, 0.15) is 0 Å². The molecule has 5 heteroatoms. The second-order valence-corrected chi connectivity index (χ2v) is 13.5. The Morgan fingerprint density at radius 3 is 2.38 bits per heavy atom. The molecular formula is C8H10BHgO3. The molecule has 1 rings (SSSR count). The van der Waals surface area contributed by atoms with Crippen molar-refractivity contribution in [3.8, 4) is 0 Å². The molecular weight excluding hydrogens is 355 g/mol. The van der Waals surface area contributed by atoms with Gasteiger partial charge in [-0.1, -0.05) is 0 Å². The molecule has 0 aliphatic rings. The summed E-state index contributed by atoms with van der Waals surface area (Å²) in [5.74, 6) is 0. The van der Waals surface area contributed by atoms with E-state index in [0.29, 0.717) is 0 Å². The van der Waals surface area contributed by atoms with Crippen molar-refractivity contribution in [2.45, 2.75) is 0 Å². The monoisotopic (exact) mass is 367 g/mol. The molecule has 0 aliphatic heterocycles. The van der Waals surface area contributed by atoms with Crippen molar-refractivity contribution in [3.63, 3.8) is 0 Å². The van der Waals surface area contributed by atoms with Crippen LogP contribution >= 0.6 is 0 Å². The number of benzene rings is 1. The molecule has 0 aliphatic carbocycles. The van der Waals surface area contributed by atoms with Gasteiger partial charge in [0.1, 0.15) is 0 Å². The van der Waals surface area contributed by atoms with E-state index in [1.165, 1.54) is 0 Å². The van der Waals surface area contributed by atoms with E-state index in [4.69, 9.17) is 12.6 Å². The standard InChI is InChI=1S/C6H5.C2H3.BH2O3.Hg/c1-2-4-6-5-3-1;1-2;2-1(3)4;/h1-5H;1H,2H2;2-3H;/q;;-1;+1. The number of hydrogen-bond acceptors (Lipinski definition) is 3. The Morgan fingerprint density at radius 2 is 1.92 bits per heavy atom. The summed E-state index contributed by atoms with van der Waals surface area (Å²) in [6, 6.07) is 9.58. The summed E-state index contributed by atoms with van der Waals surface area (Å²) in [5, 5.41) is 17.3. The fourth-order valence-electron chi connectivity index (χ4n) is 1.20. The molecule has 0 saturated carbocycles. The van der Waals surface area contributed by atoms with E-state index in [0.717, 1.165) is 3.07 Å². The molecule has 0 atom stereocenters. The Hall–Kier alpha value is -0.160. The van der Waals surface area contributed by atoms with Crippen molar-refractivity contribution < 1.29 is 36.1 Å². The quantitative estimate of drug-likeness (QED) is 0.737. The fraction of sp³-hybridized carbons (Fsp3) is 0. The first-order valence-electron chi connectivity index (χ1n) is 4.12. The van der Waals surface area contributed by atoms with Gasteiger partial charge in [0.05, 0.1) is 0 Å². The first kappa shape index (κ1) is 10.9. The van der Waals surface area contributed by atoms with Gasteiger partial charge in [-0.25, -0.2) is 0 Å². The summed E-state index contributed by atoms with van der Waals surface area (Å²) >= 11 is -2.79. The van der Waals surface area contributed by atoms with Gasteiger partial charge in [0.25, 0.3) is 0 Å². The van der Waals surface area contributed by atoms with Gasteiger partial charge in [0.2, 0.25) is 0 Å². The van der Waals surface area contributed by atoms with Gasteiger partial charge in [-0.05, 0) is 0 Å². The minimum atomic E-state index is -2.79. The summed E-state index contributed by atoms with van der Waals surface area (Å²) in [6.45, 7) is 3.65. The van der Waals surface area contributed by atoms with E-state index in [9.17, 15) is 0 Å². The van der Waals surface area contributed by atoms with E-state index in [2.05, 4.69) is 6.58 Å². The average molecular weight is 366 g/mol. The predicted molar refractivity (Wildman–Crippen MR) is 47.5 cm³/mol. The van der Waals surface area contributed by atoms with Crippen LogP contribution in [-0.2, 0) is 26.0 Å². The first-order valence-corrected chi connectivity index (χ1v) is 12.3. The van der Waals surface area contributed by atoms with E-state index in [1.807, 2.05) is 30.3 Å². The number of rotatable bonds is 4. The molecule has 0 bridgehead atoms. The SMILES string of the molecule is C=[CH][Hg]([O]B(O)O)[c]1ccccc1. The molecule has 1 aromatic carbocycles. The zero-order chi connectivity index (χ0) is 9.68. The third-order valence-corrected chi connectivity index (χ3v) is 11.4. The molecule has 0 aromatic heterocycles. The Labute approximate surface area is 86.8 Å². The molecule has 3 nitrogen and oxygen atoms in total. The van der Waals surface area contributed by atoms with Gasteiger partial charge < -0.3 is 0 Å². The van der Waals surface area contributed by atoms with Crippen LogP contribution in [-0.4, -0.2) is 17.4 Å². The van der Waals surface area contributed by atoms with Gasteiger partial charge in [-0.15, -0.1) is 0 Å². The van der Waals surface area contributed by atoms with Gasteiger partial charge >= 0.3 is 87.0 Å². The van der Waals surface area contributed by atoms with E-state index in [-0.39, 0.29) is 0 Å². The van der Waals surface area contributed by atoms with Crippen molar-refractivity contribution in [1.29, 1.82) is 0 Å². The Bertz CT molecular complexity index is 265. The molecule has 1 aromatic rings. The molecule has 0 spiro atoms. The van der Waals surface area contributed by atoms with Crippen LogP contribution in [0.5, 0.6) is 0 Å². The first-order chi connectivity index (χ1) is 6.24. The van der Waals surface area contributed by atoms with Crippen LogP contribution in [0.4, 0.5) is 0 Å². The summed E-state index contributed by atoms with van der Waals surface area (Å²) in [6.07, 6.45) is 0. The second kappa shape index (κ2) is 5.54. The molecule has 0 fully saturated rings. The van der Waals surface area contributed by atoms with Crippen molar-refractivity contribution in [1.82, 2.24) is 0 Å². The van der Waals surface area contributed by atoms with E-state index >= 15 is 0 Å². The molecule has 0 radical (unpaired) electrons. The third-order valence-electron chi connectivity index (χ3n) is 1.84. The molecule has 0 unspecified atom stereocenters. The summed E-state index contributed by atoms with van der Waals surface area (Å²) in [7, 11) is -1.67. The summed E-state index contributed by atoms with van der Waals surface area (Å²) in [4.78, 5) is 0. The fourth-order valence-corrected chi connectivity index (χ4v) is 7.89. The Balaban J connectivity index is 2.73. The molecule has 0 saturated heterocycles. The zero-order valence-corrected chi connectivity index (χ0v) is 12.8. The van der Waals surface area contributed by atoms with E-state index in [1.54, 1.807) is 3.58 Å². The van der Waals surface area contributed by atoms with Gasteiger partial charge in [-0.2, -0.15) is 0 Å². The topological polar surface area (TPSA) is 49.7 Å². The minimum absolute atomic E-state index is 1.07. The molecule has 0 amide bonds. The molecule has 65 valence electrons. The molecule has 2 N–H and O–H groups in total. The summed E-state index contributed by atoms with van der Waals surface area (Å²) < 4.78 is 7.82. The Kier molecular flexibility index (Phi) is 4.66. The van der Waals surface area contributed by atoms with Crippen LogP contribution in [0.25, 0.3) is 0 Å². The van der Waals surface area contributed by atoms with Gasteiger partial charge in [0.15, 0.2) is 0 Å². The van der Waals surface area contributed by atoms with Crippen LogP contribution < -0.4 is 3.07 Å². The second-order valence-electron chi connectivity index (χ2n) is 2.78. The predicted octanol–water partition coefficient (Wildman–Crippen LogP) is -0.0253. The van der Waals surface area contributed by atoms with Crippen molar-refractivity contribution in [2.24, 2.45) is 0 Å².